The van der Waals surface area contributed by atoms with Crippen LogP contribution in [0.4, 0.5) is 0 Å². The highest BCUT2D eigenvalue weighted by atomic mass is 32.2. The number of sulfonamides is 1. The molecule has 0 fully saturated rings. The van der Waals surface area contributed by atoms with Crippen LogP contribution in [-0.2, 0) is 10.0 Å². The molecule has 0 spiro atoms. The van der Waals surface area contributed by atoms with Crippen LogP contribution in [0.1, 0.15) is 18.9 Å². The van der Waals surface area contributed by atoms with Gasteiger partial charge in [-0.1, -0.05) is 19.1 Å². The zero-order valence-corrected chi connectivity index (χ0v) is 13.3. The van der Waals surface area contributed by atoms with E-state index in [2.05, 4.69) is 4.72 Å². The Hall–Kier alpha value is -2.05. The molecule has 22 heavy (non-hydrogen) atoms. The first kappa shape index (κ1) is 16.3. The number of phenolic OH excluding ortho intramolecular Hbond substituents is 2. The molecule has 2 rings (SSSR count). The Morgan fingerprint density at radius 3 is 2.41 bits per heavy atom. The van der Waals surface area contributed by atoms with Crippen LogP contribution >= 0.6 is 0 Å². The van der Waals surface area contributed by atoms with E-state index < -0.39 is 10.0 Å². The van der Waals surface area contributed by atoms with Crippen molar-refractivity contribution in [1.82, 2.24) is 4.72 Å². The predicted octanol–water partition coefficient (Wildman–Crippen LogP) is 2.76. The van der Waals surface area contributed by atoms with E-state index in [4.69, 9.17) is 0 Å². The van der Waals surface area contributed by atoms with Gasteiger partial charge < -0.3 is 10.2 Å². The fourth-order valence-corrected chi connectivity index (χ4v) is 3.37. The van der Waals surface area contributed by atoms with Crippen molar-refractivity contribution >= 4 is 10.0 Å². The van der Waals surface area contributed by atoms with Gasteiger partial charge in [0.15, 0.2) is 0 Å². The smallest absolute Gasteiger partial charge is 0.240 e. The van der Waals surface area contributed by atoms with Crippen molar-refractivity contribution in [3.05, 3.63) is 42.0 Å². The lowest BCUT2D eigenvalue weighted by Crippen LogP contribution is -2.24. The molecule has 0 unspecified atom stereocenters. The molecule has 118 valence electrons. The van der Waals surface area contributed by atoms with Gasteiger partial charge in [-0.05, 0) is 37.1 Å². The summed E-state index contributed by atoms with van der Waals surface area (Å²) in [5, 5.41) is 20.2. The highest BCUT2D eigenvalue weighted by Gasteiger charge is 2.17. The van der Waals surface area contributed by atoms with Crippen LogP contribution in [0.25, 0.3) is 11.1 Å². The van der Waals surface area contributed by atoms with E-state index in [1.807, 2.05) is 19.9 Å². The number of aromatic hydroxyl groups is 2. The molecule has 0 aliphatic heterocycles. The average Bonchev–Trinajstić information content (AvgIpc) is 2.46. The molecule has 0 saturated heterocycles. The van der Waals surface area contributed by atoms with Gasteiger partial charge in [-0.15, -0.1) is 0 Å². The summed E-state index contributed by atoms with van der Waals surface area (Å²) in [6.07, 6.45) is 0.681. The molecule has 0 saturated carbocycles. The lowest BCUT2D eigenvalue weighted by atomic mass is 9.99. The van der Waals surface area contributed by atoms with Crippen LogP contribution in [0, 0.1) is 6.92 Å². The number of nitrogens with one attached hydrogen (secondary N) is 1. The largest absolute Gasteiger partial charge is 0.507 e. The van der Waals surface area contributed by atoms with Crippen LogP contribution in [0.5, 0.6) is 11.5 Å². The van der Waals surface area contributed by atoms with Gasteiger partial charge in [0.05, 0.1) is 4.90 Å². The third-order valence-electron chi connectivity index (χ3n) is 3.34. The van der Waals surface area contributed by atoms with Crippen molar-refractivity contribution < 1.29 is 18.6 Å². The molecule has 0 aliphatic rings. The molecule has 0 bridgehead atoms. The maximum absolute atomic E-state index is 12.1. The van der Waals surface area contributed by atoms with Gasteiger partial charge >= 0.3 is 0 Å². The van der Waals surface area contributed by atoms with E-state index in [1.165, 1.54) is 24.3 Å². The Morgan fingerprint density at radius 1 is 1.09 bits per heavy atom. The maximum atomic E-state index is 12.1. The van der Waals surface area contributed by atoms with Crippen LogP contribution in [-0.4, -0.2) is 25.2 Å². The summed E-state index contributed by atoms with van der Waals surface area (Å²) in [6.45, 7) is 4.01. The SMILES string of the molecule is CCCNS(=O)(=O)c1ccc(-c2c(C)cccc2O)c(O)c1. The summed E-state index contributed by atoms with van der Waals surface area (Å²) in [6, 6.07) is 9.14. The van der Waals surface area contributed by atoms with E-state index in [-0.39, 0.29) is 16.4 Å². The zero-order chi connectivity index (χ0) is 16.3. The van der Waals surface area contributed by atoms with Crippen molar-refractivity contribution in [2.75, 3.05) is 6.54 Å². The van der Waals surface area contributed by atoms with Crippen molar-refractivity contribution in [2.45, 2.75) is 25.2 Å². The van der Waals surface area contributed by atoms with Gasteiger partial charge in [0.1, 0.15) is 11.5 Å². The first-order valence-corrected chi connectivity index (χ1v) is 8.46. The molecule has 0 amide bonds. The van der Waals surface area contributed by atoms with E-state index in [1.54, 1.807) is 6.07 Å². The minimum atomic E-state index is -3.64. The average molecular weight is 321 g/mol. The number of aryl methyl sites for hydroxylation is 1. The quantitative estimate of drug-likeness (QED) is 0.790. The first-order chi connectivity index (χ1) is 10.4. The molecule has 2 aromatic carbocycles. The normalized spacial score (nSPS) is 11.5. The van der Waals surface area contributed by atoms with Crippen LogP contribution in [0.2, 0.25) is 0 Å². The fraction of sp³-hybridized carbons (Fsp3) is 0.250. The van der Waals surface area contributed by atoms with E-state index in [0.29, 0.717) is 24.1 Å². The minimum absolute atomic E-state index is 0.00438. The van der Waals surface area contributed by atoms with Crippen LogP contribution in [0.3, 0.4) is 0 Å². The molecule has 0 aromatic heterocycles. The van der Waals surface area contributed by atoms with Crippen molar-refractivity contribution in [3.63, 3.8) is 0 Å². The number of hydrogen-bond donors (Lipinski definition) is 3. The first-order valence-electron chi connectivity index (χ1n) is 6.98. The highest BCUT2D eigenvalue weighted by Crippen LogP contribution is 2.38. The number of phenols is 2. The highest BCUT2D eigenvalue weighted by molar-refractivity contribution is 7.89. The van der Waals surface area contributed by atoms with Crippen molar-refractivity contribution in [1.29, 1.82) is 0 Å². The second kappa shape index (κ2) is 6.37. The topological polar surface area (TPSA) is 86.6 Å². The van der Waals surface area contributed by atoms with Crippen molar-refractivity contribution in [2.24, 2.45) is 0 Å². The Balaban J connectivity index is 2.47. The Bertz CT molecular complexity index is 764. The molecular formula is C16H19NO4S. The minimum Gasteiger partial charge on any atom is -0.507 e. The number of hydrogen-bond acceptors (Lipinski definition) is 4. The predicted molar refractivity (Wildman–Crippen MR) is 85.4 cm³/mol. The summed E-state index contributed by atoms with van der Waals surface area (Å²) in [5.74, 6) is -0.154. The van der Waals surface area contributed by atoms with Gasteiger partial charge in [-0.25, -0.2) is 13.1 Å². The van der Waals surface area contributed by atoms with Crippen LogP contribution in [0.15, 0.2) is 41.3 Å². The standard InChI is InChI=1S/C16H19NO4S/c1-3-9-17-22(20,21)12-7-8-13(15(19)10-12)16-11(2)5-4-6-14(16)18/h4-8,10,17-19H,3,9H2,1-2H3. The summed E-state index contributed by atoms with van der Waals surface area (Å²) < 4.78 is 26.6. The number of rotatable bonds is 5. The van der Waals surface area contributed by atoms with Crippen molar-refractivity contribution in [3.8, 4) is 22.6 Å². The lowest BCUT2D eigenvalue weighted by Gasteiger charge is -2.12. The summed E-state index contributed by atoms with van der Waals surface area (Å²) in [7, 11) is -3.64. The summed E-state index contributed by atoms with van der Waals surface area (Å²) in [5.41, 5.74) is 1.67. The van der Waals surface area contributed by atoms with Gasteiger partial charge in [0.2, 0.25) is 10.0 Å². The third-order valence-corrected chi connectivity index (χ3v) is 4.80. The third kappa shape index (κ3) is 3.23. The summed E-state index contributed by atoms with van der Waals surface area (Å²) >= 11 is 0. The Kier molecular flexibility index (Phi) is 4.73. The van der Waals surface area contributed by atoms with E-state index >= 15 is 0 Å². The second-order valence-corrected chi connectivity index (χ2v) is 6.81. The van der Waals surface area contributed by atoms with Gasteiger partial charge in [-0.2, -0.15) is 0 Å². The molecule has 0 heterocycles. The lowest BCUT2D eigenvalue weighted by molar-refractivity contribution is 0.467. The van der Waals surface area contributed by atoms with Gasteiger partial charge in [0.25, 0.3) is 0 Å². The monoisotopic (exact) mass is 321 g/mol. The Labute approximate surface area is 130 Å². The van der Waals surface area contributed by atoms with E-state index in [0.717, 1.165) is 5.56 Å². The molecule has 6 heteroatoms. The fourth-order valence-electron chi connectivity index (χ4n) is 2.21. The molecule has 0 radical (unpaired) electrons. The Morgan fingerprint density at radius 2 is 1.82 bits per heavy atom. The van der Waals surface area contributed by atoms with E-state index in [9.17, 15) is 18.6 Å². The molecule has 5 nitrogen and oxygen atoms in total. The molecular weight excluding hydrogens is 302 g/mol. The summed E-state index contributed by atoms with van der Waals surface area (Å²) in [4.78, 5) is -0.00438. The van der Waals surface area contributed by atoms with Gasteiger partial charge in [-0.3, -0.25) is 0 Å². The second-order valence-electron chi connectivity index (χ2n) is 5.05. The molecule has 0 aliphatic carbocycles. The molecule has 3 N–H and O–H groups in total. The number of benzene rings is 2. The zero-order valence-electron chi connectivity index (χ0n) is 12.5. The van der Waals surface area contributed by atoms with Crippen LogP contribution < -0.4 is 4.72 Å². The van der Waals surface area contributed by atoms with Gasteiger partial charge in [0, 0.05) is 23.7 Å². The molecule has 2 aromatic rings. The maximum Gasteiger partial charge on any atom is 0.240 e. The molecule has 0 atom stereocenters.